The molecular weight excluding hydrogens is 383 g/mol. The van der Waals surface area contributed by atoms with E-state index >= 15 is 0 Å². The molecule has 1 unspecified atom stereocenters. The average molecular weight is 416 g/mol. The number of alkyl halides is 3. The van der Waals surface area contributed by atoms with E-state index in [0.717, 1.165) is 35.2 Å². The van der Waals surface area contributed by atoms with Crippen molar-refractivity contribution in [3.8, 4) is 11.8 Å². The van der Waals surface area contributed by atoms with E-state index in [1.165, 1.54) is 50.7 Å². The summed E-state index contributed by atoms with van der Waals surface area (Å²) in [5, 5.41) is 3.36. The molecule has 0 aliphatic carbocycles. The van der Waals surface area contributed by atoms with Gasteiger partial charge in [0.25, 0.3) is 0 Å². The maximum absolute atomic E-state index is 12.7. The van der Waals surface area contributed by atoms with Gasteiger partial charge in [0.2, 0.25) is 0 Å². The second kappa shape index (κ2) is 12.4. The first-order chi connectivity index (χ1) is 14.4. The summed E-state index contributed by atoms with van der Waals surface area (Å²) < 4.78 is 38.0. The van der Waals surface area contributed by atoms with Crippen LogP contribution >= 0.6 is 0 Å². The highest BCUT2D eigenvalue weighted by molar-refractivity contribution is 5.36. The highest BCUT2D eigenvalue weighted by atomic mass is 19.4. The van der Waals surface area contributed by atoms with Gasteiger partial charge in [-0.1, -0.05) is 75.1 Å². The third-order valence-electron chi connectivity index (χ3n) is 5.19. The first-order valence-electron chi connectivity index (χ1n) is 10.9. The van der Waals surface area contributed by atoms with Crippen LogP contribution in [0.2, 0.25) is 0 Å². The van der Waals surface area contributed by atoms with Crippen LogP contribution in [-0.2, 0) is 12.7 Å². The summed E-state index contributed by atoms with van der Waals surface area (Å²) in [4.78, 5) is 0. The van der Waals surface area contributed by atoms with Gasteiger partial charge in [0, 0.05) is 24.6 Å². The summed E-state index contributed by atoms with van der Waals surface area (Å²) in [6, 6.07) is 13.4. The summed E-state index contributed by atoms with van der Waals surface area (Å²) in [5.41, 5.74) is 2.35. The van der Waals surface area contributed by atoms with E-state index in [2.05, 4.69) is 24.1 Å². The normalized spacial score (nSPS) is 12.3. The molecule has 1 atom stereocenters. The van der Waals surface area contributed by atoms with E-state index in [-0.39, 0.29) is 6.04 Å². The van der Waals surface area contributed by atoms with Gasteiger partial charge in [-0.2, -0.15) is 13.2 Å². The number of unbranched alkanes of at least 4 members (excludes halogenated alkanes) is 6. The largest absolute Gasteiger partial charge is 0.416 e. The Morgan fingerprint density at radius 1 is 0.867 bits per heavy atom. The van der Waals surface area contributed by atoms with Crippen molar-refractivity contribution in [3.63, 3.8) is 0 Å². The van der Waals surface area contributed by atoms with E-state index in [4.69, 9.17) is 0 Å². The van der Waals surface area contributed by atoms with Crippen molar-refractivity contribution in [2.75, 3.05) is 0 Å². The molecule has 0 saturated carbocycles. The molecule has 0 aliphatic heterocycles. The Labute approximate surface area is 179 Å². The zero-order valence-electron chi connectivity index (χ0n) is 18.0. The van der Waals surface area contributed by atoms with Gasteiger partial charge in [-0.05, 0) is 48.7 Å². The Hall–Kier alpha value is -2.25. The van der Waals surface area contributed by atoms with Crippen molar-refractivity contribution in [2.45, 2.75) is 77.6 Å². The van der Waals surface area contributed by atoms with Crippen LogP contribution in [0, 0.1) is 11.8 Å². The second-order valence-electron chi connectivity index (χ2n) is 7.74. The van der Waals surface area contributed by atoms with Gasteiger partial charge < -0.3 is 5.32 Å². The zero-order chi connectivity index (χ0) is 21.8. The van der Waals surface area contributed by atoms with Gasteiger partial charge in [0.05, 0.1) is 5.56 Å². The smallest absolute Gasteiger partial charge is 0.306 e. The maximum Gasteiger partial charge on any atom is 0.416 e. The van der Waals surface area contributed by atoms with Crippen molar-refractivity contribution in [3.05, 3.63) is 70.8 Å². The monoisotopic (exact) mass is 415 g/mol. The lowest BCUT2D eigenvalue weighted by Gasteiger charge is -2.15. The van der Waals surface area contributed by atoms with Gasteiger partial charge in [0.1, 0.15) is 0 Å². The topological polar surface area (TPSA) is 12.0 Å². The number of benzene rings is 2. The molecule has 2 aromatic carbocycles. The number of hydrogen-bond donors (Lipinski definition) is 1. The Kier molecular flexibility index (Phi) is 9.97. The molecule has 162 valence electrons. The standard InChI is InChI=1S/C26H32F3N/c1-3-4-5-6-7-8-9-10-11-22-12-14-23(15-13-22)20-30-21(2)24-16-18-25(19-17-24)26(27,28)29/h12-19,21,30H,3-9,20H2,1-2H3. The first-order valence-corrected chi connectivity index (χ1v) is 10.9. The molecule has 0 heterocycles. The highest BCUT2D eigenvalue weighted by Gasteiger charge is 2.30. The third kappa shape index (κ3) is 8.63. The van der Waals surface area contributed by atoms with Crippen LogP contribution in [0.25, 0.3) is 0 Å². The number of halogens is 3. The van der Waals surface area contributed by atoms with E-state index in [1.54, 1.807) is 0 Å². The van der Waals surface area contributed by atoms with Crippen LogP contribution in [0.4, 0.5) is 13.2 Å². The van der Waals surface area contributed by atoms with Crippen molar-refractivity contribution < 1.29 is 13.2 Å². The van der Waals surface area contributed by atoms with E-state index in [1.807, 2.05) is 31.2 Å². The minimum absolute atomic E-state index is 0.0379. The van der Waals surface area contributed by atoms with Crippen LogP contribution in [0.3, 0.4) is 0 Å². The highest BCUT2D eigenvalue weighted by Crippen LogP contribution is 2.29. The fourth-order valence-electron chi connectivity index (χ4n) is 3.21. The minimum atomic E-state index is -4.30. The summed E-state index contributed by atoms with van der Waals surface area (Å²) in [5.74, 6) is 6.47. The summed E-state index contributed by atoms with van der Waals surface area (Å²) in [7, 11) is 0. The maximum atomic E-state index is 12.7. The molecule has 0 amide bonds. The van der Waals surface area contributed by atoms with Crippen molar-refractivity contribution >= 4 is 0 Å². The third-order valence-corrected chi connectivity index (χ3v) is 5.19. The Bertz CT molecular complexity index is 795. The molecule has 2 aromatic rings. The molecule has 0 radical (unpaired) electrons. The van der Waals surface area contributed by atoms with E-state index < -0.39 is 11.7 Å². The fourth-order valence-corrected chi connectivity index (χ4v) is 3.21. The Morgan fingerprint density at radius 2 is 1.50 bits per heavy atom. The van der Waals surface area contributed by atoms with Crippen LogP contribution in [0.15, 0.2) is 48.5 Å². The van der Waals surface area contributed by atoms with Crippen molar-refractivity contribution in [1.29, 1.82) is 0 Å². The van der Waals surface area contributed by atoms with Crippen molar-refractivity contribution in [1.82, 2.24) is 5.32 Å². The molecular formula is C26H32F3N. The molecule has 2 rings (SSSR count). The minimum Gasteiger partial charge on any atom is -0.306 e. The van der Waals surface area contributed by atoms with Crippen LogP contribution in [0.5, 0.6) is 0 Å². The molecule has 1 N–H and O–H groups in total. The fraction of sp³-hybridized carbons (Fsp3) is 0.462. The van der Waals surface area contributed by atoms with E-state index in [0.29, 0.717) is 6.54 Å². The summed E-state index contributed by atoms with van der Waals surface area (Å²) in [6.07, 6.45) is 4.32. The molecule has 0 fully saturated rings. The van der Waals surface area contributed by atoms with Gasteiger partial charge in [-0.25, -0.2) is 0 Å². The Morgan fingerprint density at radius 3 is 2.13 bits per heavy atom. The molecule has 0 saturated heterocycles. The summed E-state index contributed by atoms with van der Waals surface area (Å²) >= 11 is 0. The molecule has 0 aromatic heterocycles. The zero-order valence-corrected chi connectivity index (χ0v) is 18.0. The van der Waals surface area contributed by atoms with Crippen LogP contribution < -0.4 is 5.32 Å². The van der Waals surface area contributed by atoms with Crippen LogP contribution in [-0.4, -0.2) is 0 Å². The predicted octanol–water partition coefficient (Wildman–Crippen LogP) is 7.66. The molecule has 30 heavy (non-hydrogen) atoms. The second-order valence-corrected chi connectivity index (χ2v) is 7.74. The molecule has 0 spiro atoms. The first kappa shape index (κ1) is 24.0. The summed E-state index contributed by atoms with van der Waals surface area (Å²) in [6.45, 7) is 4.82. The number of rotatable bonds is 10. The average Bonchev–Trinajstić information content (AvgIpc) is 2.74. The van der Waals surface area contributed by atoms with Gasteiger partial charge in [-0.3, -0.25) is 0 Å². The van der Waals surface area contributed by atoms with E-state index in [9.17, 15) is 13.2 Å². The quantitative estimate of drug-likeness (QED) is 0.310. The van der Waals surface area contributed by atoms with Gasteiger partial charge in [-0.15, -0.1) is 0 Å². The molecule has 1 nitrogen and oxygen atoms in total. The number of nitrogens with one attached hydrogen (secondary N) is 1. The van der Waals surface area contributed by atoms with Gasteiger partial charge >= 0.3 is 6.18 Å². The lowest BCUT2D eigenvalue weighted by molar-refractivity contribution is -0.137. The molecule has 0 aliphatic rings. The van der Waals surface area contributed by atoms with Gasteiger partial charge in [0.15, 0.2) is 0 Å². The van der Waals surface area contributed by atoms with Crippen LogP contribution in [0.1, 0.15) is 87.1 Å². The van der Waals surface area contributed by atoms with Crippen molar-refractivity contribution in [2.24, 2.45) is 0 Å². The lowest BCUT2D eigenvalue weighted by Crippen LogP contribution is -2.18. The lowest BCUT2D eigenvalue weighted by atomic mass is 10.1. The molecule has 4 heteroatoms. The Balaban J connectivity index is 1.75. The SMILES string of the molecule is CCCCCCCCC#Cc1ccc(CNC(C)c2ccc(C(F)(F)F)cc2)cc1. The molecule has 0 bridgehead atoms. The number of hydrogen-bond acceptors (Lipinski definition) is 1. The predicted molar refractivity (Wildman–Crippen MR) is 118 cm³/mol.